The first-order valence-electron chi connectivity index (χ1n) is 7.43. The van der Waals surface area contributed by atoms with E-state index in [4.69, 9.17) is 4.98 Å². The minimum absolute atomic E-state index is 0.211. The van der Waals surface area contributed by atoms with Crippen molar-refractivity contribution in [3.63, 3.8) is 0 Å². The van der Waals surface area contributed by atoms with Crippen LogP contribution in [0.2, 0.25) is 0 Å². The number of aryl methyl sites for hydroxylation is 2. The van der Waals surface area contributed by atoms with E-state index in [-0.39, 0.29) is 6.10 Å². The number of aliphatic hydroxyl groups is 1. The molecule has 0 bridgehead atoms. The molecule has 6 heteroatoms. The molecule has 1 atom stereocenters. The van der Waals surface area contributed by atoms with Gasteiger partial charge in [0.2, 0.25) is 0 Å². The number of anilines is 1. The second-order valence-corrected chi connectivity index (χ2v) is 6.94. The molecule has 1 saturated heterocycles. The molecule has 3 rings (SSSR count). The van der Waals surface area contributed by atoms with Crippen molar-refractivity contribution < 1.29 is 5.11 Å². The zero-order chi connectivity index (χ0) is 15.0. The monoisotopic (exact) mass is 306 g/mol. The van der Waals surface area contributed by atoms with Gasteiger partial charge in [-0.15, -0.1) is 11.3 Å². The molecule has 0 saturated carbocycles. The quantitative estimate of drug-likeness (QED) is 0.911. The minimum Gasteiger partial charge on any atom is -0.392 e. The van der Waals surface area contributed by atoms with Gasteiger partial charge in [-0.3, -0.25) is 4.90 Å². The van der Waals surface area contributed by atoms with E-state index in [1.54, 1.807) is 11.3 Å². The maximum Gasteiger partial charge on any atom is 0.146 e. The highest BCUT2D eigenvalue weighted by Crippen LogP contribution is 2.33. The first kappa shape index (κ1) is 14.7. The number of hydrogen-bond donors (Lipinski definition) is 2. The molecule has 21 heavy (non-hydrogen) atoms. The average molecular weight is 306 g/mol. The normalized spacial score (nSPS) is 20.1. The summed E-state index contributed by atoms with van der Waals surface area (Å²) in [4.78, 5) is 14.0. The van der Waals surface area contributed by atoms with Gasteiger partial charge in [-0.2, -0.15) is 0 Å². The lowest BCUT2D eigenvalue weighted by Gasteiger charge is -2.29. The van der Waals surface area contributed by atoms with Crippen molar-refractivity contribution >= 4 is 27.4 Å². The Morgan fingerprint density at radius 3 is 2.90 bits per heavy atom. The summed E-state index contributed by atoms with van der Waals surface area (Å²) in [7, 11) is 1.91. The van der Waals surface area contributed by atoms with E-state index in [1.165, 1.54) is 10.4 Å². The van der Waals surface area contributed by atoms with Crippen LogP contribution in [0, 0.1) is 13.8 Å². The Kier molecular flexibility index (Phi) is 4.10. The molecule has 2 aromatic heterocycles. The van der Waals surface area contributed by atoms with Crippen LogP contribution in [0.25, 0.3) is 10.2 Å². The Morgan fingerprint density at radius 2 is 2.19 bits per heavy atom. The van der Waals surface area contributed by atoms with Gasteiger partial charge < -0.3 is 10.4 Å². The van der Waals surface area contributed by atoms with Crippen molar-refractivity contribution in [3.05, 3.63) is 16.3 Å². The van der Waals surface area contributed by atoms with Crippen molar-refractivity contribution in [2.24, 2.45) is 0 Å². The van der Waals surface area contributed by atoms with Gasteiger partial charge in [-0.1, -0.05) is 0 Å². The van der Waals surface area contributed by atoms with Crippen LogP contribution in [0.3, 0.4) is 0 Å². The molecular weight excluding hydrogens is 284 g/mol. The van der Waals surface area contributed by atoms with Gasteiger partial charge in [-0.05, 0) is 38.8 Å². The molecule has 2 aromatic rings. The van der Waals surface area contributed by atoms with Crippen LogP contribution >= 0.6 is 11.3 Å². The average Bonchev–Trinajstić information content (AvgIpc) is 2.73. The lowest BCUT2D eigenvalue weighted by molar-refractivity contribution is 0.0656. The highest BCUT2D eigenvalue weighted by molar-refractivity contribution is 7.18. The molecule has 0 aliphatic carbocycles. The van der Waals surface area contributed by atoms with Crippen molar-refractivity contribution in [1.82, 2.24) is 14.9 Å². The number of nitrogens with zero attached hydrogens (tertiary/aromatic N) is 3. The minimum atomic E-state index is -0.211. The fraction of sp³-hybridized carbons (Fsp3) is 0.600. The molecule has 5 nitrogen and oxygen atoms in total. The number of β-amino-alcohol motifs (C(OH)–C–C–N with tert-alkyl or cyclic N) is 1. The van der Waals surface area contributed by atoms with Gasteiger partial charge in [0, 0.05) is 18.5 Å². The summed E-state index contributed by atoms with van der Waals surface area (Å²) in [5.74, 6) is 1.75. The molecule has 1 aliphatic rings. The largest absolute Gasteiger partial charge is 0.392 e. The molecule has 1 aliphatic heterocycles. The number of thiophene rings is 1. The van der Waals surface area contributed by atoms with Crippen LogP contribution in [0.1, 0.15) is 29.1 Å². The number of nitrogens with one attached hydrogen (secondary N) is 1. The van der Waals surface area contributed by atoms with E-state index in [2.05, 4.69) is 29.0 Å². The number of fused-ring (bicyclic) bond motifs is 1. The van der Waals surface area contributed by atoms with Gasteiger partial charge in [-0.25, -0.2) is 9.97 Å². The van der Waals surface area contributed by atoms with E-state index in [9.17, 15) is 5.11 Å². The molecule has 114 valence electrons. The van der Waals surface area contributed by atoms with Crippen LogP contribution in [-0.2, 0) is 6.54 Å². The van der Waals surface area contributed by atoms with E-state index in [1.807, 2.05) is 7.05 Å². The molecule has 0 radical (unpaired) electrons. The molecular formula is C15H22N4OS. The lowest BCUT2D eigenvalue weighted by Crippen LogP contribution is -2.38. The van der Waals surface area contributed by atoms with Crippen LogP contribution in [0.5, 0.6) is 0 Å². The van der Waals surface area contributed by atoms with Crippen molar-refractivity contribution in [3.8, 4) is 0 Å². The molecule has 1 fully saturated rings. The fourth-order valence-corrected chi connectivity index (χ4v) is 3.97. The van der Waals surface area contributed by atoms with Gasteiger partial charge >= 0.3 is 0 Å². The summed E-state index contributed by atoms with van der Waals surface area (Å²) in [6.45, 7) is 6.69. The maximum atomic E-state index is 9.78. The maximum absolute atomic E-state index is 9.78. The van der Waals surface area contributed by atoms with E-state index < -0.39 is 0 Å². The highest BCUT2D eigenvalue weighted by Gasteiger charge is 2.20. The lowest BCUT2D eigenvalue weighted by atomic mass is 10.1. The first-order chi connectivity index (χ1) is 10.1. The second-order valence-electron chi connectivity index (χ2n) is 5.73. The van der Waals surface area contributed by atoms with Crippen LogP contribution in [0.15, 0.2) is 0 Å². The molecule has 3 heterocycles. The third kappa shape index (κ3) is 2.88. The predicted octanol–water partition coefficient (Wildman–Crippen LogP) is 2.31. The summed E-state index contributed by atoms with van der Waals surface area (Å²) in [5.41, 5.74) is 1.26. The summed E-state index contributed by atoms with van der Waals surface area (Å²) >= 11 is 1.73. The Bertz CT molecular complexity index is 655. The first-order valence-corrected chi connectivity index (χ1v) is 8.25. The Labute approximate surface area is 129 Å². The smallest absolute Gasteiger partial charge is 0.146 e. The van der Waals surface area contributed by atoms with Gasteiger partial charge in [0.05, 0.1) is 18.0 Å². The SMILES string of the molecule is CNc1nc(CN2CCCC(O)C2)nc2sc(C)c(C)c12. The van der Waals surface area contributed by atoms with Crippen LogP contribution in [-0.4, -0.2) is 46.2 Å². The van der Waals surface area contributed by atoms with Gasteiger partial charge in [0.15, 0.2) is 0 Å². The van der Waals surface area contributed by atoms with Crippen LogP contribution < -0.4 is 5.32 Å². The third-order valence-electron chi connectivity index (χ3n) is 4.16. The highest BCUT2D eigenvalue weighted by atomic mass is 32.1. The summed E-state index contributed by atoms with van der Waals surface area (Å²) in [6, 6.07) is 0. The third-order valence-corrected chi connectivity index (χ3v) is 5.26. The number of hydrogen-bond acceptors (Lipinski definition) is 6. The standard InChI is InChI=1S/C15H22N4OS/c1-9-10(2)21-15-13(9)14(16-3)17-12(18-15)8-19-6-4-5-11(20)7-19/h11,20H,4-8H2,1-3H3,(H,16,17,18). The molecule has 1 unspecified atom stereocenters. The zero-order valence-electron chi connectivity index (χ0n) is 12.8. The van der Waals surface area contributed by atoms with E-state index in [0.29, 0.717) is 6.54 Å². The molecule has 0 amide bonds. The summed E-state index contributed by atoms with van der Waals surface area (Å²) in [5, 5.41) is 14.1. The second kappa shape index (κ2) is 5.87. The van der Waals surface area contributed by atoms with Crippen molar-refractivity contribution in [2.45, 2.75) is 39.3 Å². The number of aliphatic hydroxyl groups excluding tert-OH is 1. The van der Waals surface area contributed by atoms with Gasteiger partial charge in [0.25, 0.3) is 0 Å². The fourth-order valence-electron chi connectivity index (χ4n) is 2.92. The Morgan fingerprint density at radius 1 is 1.38 bits per heavy atom. The van der Waals surface area contributed by atoms with Crippen LogP contribution in [0.4, 0.5) is 5.82 Å². The number of piperidine rings is 1. The number of aromatic nitrogens is 2. The van der Waals surface area contributed by atoms with E-state index >= 15 is 0 Å². The van der Waals surface area contributed by atoms with Gasteiger partial charge in [0.1, 0.15) is 16.5 Å². The van der Waals surface area contributed by atoms with Crippen molar-refractivity contribution in [1.29, 1.82) is 0 Å². The Hall–Kier alpha value is -1.24. The summed E-state index contributed by atoms with van der Waals surface area (Å²) in [6.07, 6.45) is 1.73. The molecule has 2 N–H and O–H groups in total. The topological polar surface area (TPSA) is 61.3 Å². The Balaban J connectivity index is 1.92. The number of likely N-dealkylation sites (tertiary alicyclic amines) is 1. The van der Waals surface area contributed by atoms with E-state index in [0.717, 1.165) is 47.8 Å². The number of rotatable bonds is 3. The zero-order valence-corrected chi connectivity index (χ0v) is 13.6. The molecule has 0 spiro atoms. The van der Waals surface area contributed by atoms with Crippen molar-refractivity contribution in [2.75, 3.05) is 25.5 Å². The summed E-state index contributed by atoms with van der Waals surface area (Å²) < 4.78 is 0. The molecule has 0 aromatic carbocycles. The predicted molar refractivity (Wildman–Crippen MR) is 87.0 cm³/mol.